The van der Waals surface area contributed by atoms with Crippen LogP contribution in [0.15, 0.2) is 0 Å². The molecule has 0 bridgehead atoms. The third-order valence-corrected chi connectivity index (χ3v) is 4.91. The molecule has 19 heavy (non-hydrogen) atoms. The van der Waals surface area contributed by atoms with Crippen molar-refractivity contribution in [2.75, 3.05) is 13.1 Å². The van der Waals surface area contributed by atoms with Gasteiger partial charge in [0.25, 0.3) is 0 Å². The molecule has 2 N–H and O–H groups in total. The van der Waals surface area contributed by atoms with E-state index in [2.05, 4.69) is 4.90 Å². The van der Waals surface area contributed by atoms with Crippen molar-refractivity contribution in [3.8, 4) is 0 Å². The predicted octanol–water partition coefficient (Wildman–Crippen LogP) is 3.08. The summed E-state index contributed by atoms with van der Waals surface area (Å²) in [6.45, 7) is 1.80. The van der Waals surface area contributed by atoms with Gasteiger partial charge in [0.2, 0.25) is 5.91 Å². The molecule has 0 aromatic heterocycles. The molecule has 0 radical (unpaired) electrons. The van der Waals surface area contributed by atoms with E-state index in [1.807, 2.05) is 0 Å². The molecule has 1 unspecified atom stereocenters. The number of unbranched alkanes of at least 4 members (excludes halogenated alkanes) is 3. The van der Waals surface area contributed by atoms with Crippen molar-refractivity contribution < 1.29 is 4.79 Å². The van der Waals surface area contributed by atoms with Crippen molar-refractivity contribution in [1.29, 1.82) is 0 Å². The molecule has 2 fully saturated rings. The third kappa shape index (κ3) is 4.20. The molecule has 1 atom stereocenters. The quantitative estimate of drug-likeness (QED) is 0.720. The second-order valence-electron chi connectivity index (χ2n) is 6.29. The molecule has 1 aliphatic carbocycles. The smallest absolute Gasteiger partial charge is 0.222 e. The lowest BCUT2D eigenvalue weighted by atomic mass is 9.96. The number of amides is 1. The second kappa shape index (κ2) is 7.88. The van der Waals surface area contributed by atoms with Gasteiger partial charge in [0.05, 0.1) is 0 Å². The van der Waals surface area contributed by atoms with E-state index < -0.39 is 0 Å². The molecule has 110 valence electrons. The SMILES string of the molecule is NCCCCCCC(=O)N1CCCC1C1CCCC1. The summed E-state index contributed by atoms with van der Waals surface area (Å²) < 4.78 is 0. The van der Waals surface area contributed by atoms with E-state index in [4.69, 9.17) is 5.73 Å². The number of nitrogens with zero attached hydrogens (tertiary/aromatic N) is 1. The molecule has 1 aliphatic heterocycles. The van der Waals surface area contributed by atoms with Crippen LogP contribution in [0.3, 0.4) is 0 Å². The zero-order valence-corrected chi connectivity index (χ0v) is 12.3. The maximum absolute atomic E-state index is 12.3. The average molecular weight is 266 g/mol. The summed E-state index contributed by atoms with van der Waals surface area (Å²) in [4.78, 5) is 14.6. The first-order chi connectivity index (χ1) is 9.33. The van der Waals surface area contributed by atoms with Gasteiger partial charge in [0.1, 0.15) is 0 Å². The molecule has 1 saturated heterocycles. The lowest BCUT2D eigenvalue weighted by molar-refractivity contribution is -0.133. The van der Waals surface area contributed by atoms with Crippen LogP contribution in [0.1, 0.15) is 70.6 Å². The summed E-state index contributed by atoms with van der Waals surface area (Å²) in [6.07, 6.45) is 13.2. The number of nitrogens with two attached hydrogens (primary N) is 1. The Balaban J connectivity index is 1.71. The predicted molar refractivity (Wildman–Crippen MR) is 78.8 cm³/mol. The van der Waals surface area contributed by atoms with E-state index in [1.54, 1.807) is 0 Å². The fourth-order valence-electron chi connectivity index (χ4n) is 3.85. The van der Waals surface area contributed by atoms with Gasteiger partial charge >= 0.3 is 0 Å². The van der Waals surface area contributed by atoms with E-state index in [1.165, 1.54) is 44.9 Å². The van der Waals surface area contributed by atoms with Gasteiger partial charge in [-0.25, -0.2) is 0 Å². The van der Waals surface area contributed by atoms with E-state index in [0.717, 1.165) is 44.7 Å². The zero-order chi connectivity index (χ0) is 13.5. The normalized spacial score (nSPS) is 24.3. The monoisotopic (exact) mass is 266 g/mol. The molecule has 3 heteroatoms. The van der Waals surface area contributed by atoms with Crippen LogP contribution in [0.25, 0.3) is 0 Å². The maximum Gasteiger partial charge on any atom is 0.222 e. The van der Waals surface area contributed by atoms with Crippen LogP contribution in [-0.4, -0.2) is 29.9 Å². The Labute approximate surface area is 117 Å². The molecule has 1 heterocycles. The summed E-state index contributed by atoms with van der Waals surface area (Å²) >= 11 is 0. The van der Waals surface area contributed by atoms with Gasteiger partial charge in [-0.05, 0) is 51.0 Å². The molecule has 1 saturated carbocycles. The van der Waals surface area contributed by atoms with Gasteiger partial charge < -0.3 is 10.6 Å². The number of carbonyl (C=O) groups excluding carboxylic acids is 1. The second-order valence-corrected chi connectivity index (χ2v) is 6.29. The number of likely N-dealkylation sites (tertiary alicyclic amines) is 1. The van der Waals surface area contributed by atoms with Gasteiger partial charge in [0, 0.05) is 19.0 Å². The van der Waals surface area contributed by atoms with Crippen molar-refractivity contribution in [1.82, 2.24) is 4.90 Å². The molecule has 3 nitrogen and oxygen atoms in total. The number of rotatable bonds is 7. The Morgan fingerprint density at radius 3 is 2.47 bits per heavy atom. The lowest BCUT2D eigenvalue weighted by Crippen LogP contribution is -2.39. The Bertz CT molecular complexity index is 274. The minimum atomic E-state index is 0.419. The first kappa shape index (κ1) is 14.8. The minimum absolute atomic E-state index is 0.419. The van der Waals surface area contributed by atoms with Crippen molar-refractivity contribution >= 4 is 5.91 Å². The largest absolute Gasteiger partial charge is 0.339 e. The van der Waals surface area contributed by atoms with E-state index in [0.29, 0.717) is 11.9 Å². The van der Waals surface area contributed by atoms with Crippen molar-refractivity contribution in [2.24, 2.45) is 11.7 Å². The van der Waals surface area contributed by atoms with E-state index >= 15 is 0 Å². The highest BCUT2D eigenvalue weighted by Gasteiger charge is 2.35. The molecule has 0 spiro atoms. The summed E-state index contributed by atoms with van der Waals surface area (Å²) in [5.41, 5.74) is 5.48. The summed E-state index contributed by atoms with van der Waals surface area (Å²) in [5.74, 6) is 1.23. The molecule has 2 rings (SSSR count). The molecule has 0 aromatic rings. The molecular weight excluding hydrogens is 236 g/mol. The number of hydrogen-bond donors (Lipinski definition) is 1. The summed E-state index contributed by atoms with van der Waals surface area (Å²) in [7, 11) is 0. The lowest BCUT2D eigenvalue weighted by Gasteiger charge is -2.29. The third-order valence-electron chi connectivity index (χ3n) is 4.91. The highest BCUT2D eigenvalue weighted by molar-refractivity contribution is 5.76. The first-order valence-corrected chi connectivity index (χ1v) is 8.32. The van der Waals surface area contributed by atoms with Crippen LogP contribution in [0.2, 0.25) is 0 Å². The van der Waals surface area contributed by atoms with Crippen molar-refractivity contribution in [3.05, 3.63) is 0 Å². The van der Waals surface area contributed by atoms with Crippen molar-refractivity contribution in [2.45, 2.75) is 76.7 Å². The fourth-order valence-corrected chi connectivity index (χ4v) is 3.85. The van der Waals surface area contributed by atoms with Gasteiger partial charge in [-0.2, -0.15) is 0 Å². The molecule has 2 aliphatic rings. The average Bonchev–Trinajstić information content (AvgIpc) is 3.08. The van der Waals surface area contributed by atoms with Crippen LogP contribution in [0, 0.1) is 5.92 Å². The minimum Gasteiger partial charge on any atom is -0.339 e. The molecule has 1 amide bonds. The highest BCUT2D eigenvalue weighted by atomic mass is 16.2. The fraction of sp³-hybridized carbons (Fsp3) is 0.938. The summed E-state index contributed by atoms with van der Waals surface area (Å²) in [6, 6.07) is 0.582. The Morgan fingerprint density at radius 2 is 1.74 bits per heavy atom. The Kier molecular flexibility index (Phi) is 6.15. The van der Waals surface area contributed by atoms with E-state index in [-0.39, 0.29) is 0 Å². The van der Waals surface area contributed by atoms with Crippen LogP contribution in [0.4, 0.5) is 0 Å². The summed E-state index contributed by atoms with van der Waals surface area (Å²) in [5, 5.41) is 0. The highest BCUT2D eigenvalue weighted by Crippen LogP contribution is 2.35. The topological polar surface area (TPSA) is 46.3 Å². The molecular formula is C16H30N2O. The Hall–Kier alpha value is -0.570. The van der Waals surface area contributed by atoms with Gasteiger partial charge in [-0.15, -0.1) is 0 Å². The van der Waals surface area contributed by atoms with Gasteiger partial charge in [0.15, 0.2) is 0 Å². The van der Waals surface area contributed by atoms with Crippen LogP contribution in [0.5, 0.6) is 0 Å². The standard InChI is InChI=1S/C16H30N2O/c17-12-6-2-1-3-11-16(19)18-13-7-10-15(18)14-8-4-5-9-14/h14-15H,1-13,17H2. The van der Waals surface area contributed by atoms with Crippen LogP contribution in [-0.2, 0) is 4.79 Å². The van der Waals surface area contributed by atoms with E-state index in [9.17, 15) is 4.79 Å². The number of hydrogen-bond acceptors (Lipinski definition) is 2. The zero-order valence-electron chi connectivity index (χ0n) is 12.3. The maximum atomic E-state index is 12.3. The molecule has 0 aromatic carbocycles. The van der Waals surface area contributed by atoms with Crippen LogP contribution < -0.4 is 5.73 Å². The van der Waals surface area contributed by atoms with Crippen LogP contribution >= 0.6 is 0 Å². The van der Waals surface area contributed by atoms with Gasteiger partial charge in [-0.1, -0.05) is 25.7 Å². The van der Waals surface area contributed by atoms with Crippen molar-refractivity contribution in [3.63, 3.8) is 0 Å². The van der Waals surface area contributed by atoms with Gasteiger partial charge in [-0.3, -0.25) is 4.79 Å². The number of carbonyl (C=O) groups is 1. The first-order valence-electron chi connectivity index (χ1n) is 8.32. The Morgan fingerprint density at radius 1 is 1.00 bits per heavy atom.